The quantitative estimate of drug-likeness (QED) is 0.561. The molecule has 0 unspecified atom stereocenters. The maximum absolute atomic E-state index is 13.8. The molecule has 0 bridgehead atoms. The number of hydrogen-bond acceptors (Lipinski definition) is 4. The molecule has 0 aromatic heterocycles. The van der Waals surface area contributed by atoms with E-state index in [0.717, 1.165) is 25.0 Å². The third-order valence-corrected chi connectivity index (χ3v) is 2.85. The maximum Gasteiger partial charge on any atom is 0.305 e. The lowest BCUT2D eigenvalue weighted by molar-refractivity contribution is -0.144. The van der Waals surface area contributed by atoms with Crippen molar-refractivity contribution in [3.63, 3.8) is 0 Å². The van der Waals surface area contributed by atoms with Gasteiger partial charge >= 0.3 is 5.97 Å². The highest BCUT2D eigenvalue weighted by atomic mass is 19.1. The molecule has 1 aromatic rings. The van der Waals surface area contributed by atoms with Gasteiger partial charge in [0, 0.05) is 6.42 Å². The number of unbranched alkanes of at least 4 members (excludes halogenated alkanes) is 1. The van der Waals surface area contributed by atoms with Crippen molar-refractivity contribution in [2.45, 2.75) is 32.6 Å². The van der Waals surface area contributed by atoms with Gasteiger partial charge < -0.3 is 15.2 Å². The SMILES string of the molecule is CCCCOC(=O)CCCOc1ccc(F)c(C(N)=O)c1F. The number of primary amides is 1. The number of nitrogens with two attached hydrogens (primary N) is 1. The van der Waals surface area contributed by atoms with Gasteiger partial charge in [-0.1, -0.05) is 13.3 Å². The van der Waals surface area contributed by atoms with Crippen molar-refractivity contribution in [1.82, 2.24) is 0 Å². The maximum atomic E-state index is 13.8. The van der Waals surface area contributed by atoms with Crippen molar-refractivity contribution in [3.8, 4) is 5.75 Å². The monoisotopic (exact) mass is 315 g/mol. The molecule has 0 saturated carbocycles. The van der Waals surface area contributed by atoms with Crippen LogP contribution in [0.1, 0.15) is 43.0 Å². The van der Waals surface area contributed by atoms with E-state index in [1.54, 1.807) is 0 Å². The van der Waals surface area contributed by atoms with E-state index >= 15 is 0 Å². The summed E-state index contributed by atoms with van der Waals surface area (Å²) in [5.41, 5.74) is 4.06. The van der Waals surface area contributed by atoms with Gasteiger partial charge in [0.1, 0.15) is 11.4 Å². The third kappa shape index (κ3) is 5.31. The van der Waals surface area contributed by atoms with E-state index in [1.807, 2.05) is 6.92 Å². The Kier molecular flexibility index (Phi) is 7.28. The second-order valence-electron chi connectivity index (χ2n) is 4.62. The summed E-state index contributed by atoms with van der Waals surface area (Å²) in [6.07, 6.45) is 2.18. The Balaban J connectivity index is 2.44. The molecular formula is C15H19F2NO4. The Morgan fingerprint density at radius 3 is 2.55 bits per heavy atom. The van der Waals surface area contributed by atoms with Crippen LogP contribution >= 0.6 is 0 Å². The van der Waals surface area contributed by atoms with Crippen LogP contribution in [-0.2, 0) is 9.53 Å². The van der Waals surface area contributed by atoms with Crippen molar-refractivity contribution >= 4 is 11.9 Å². The fraction of sp³-hybridized carbons (Fsp3) is 0.467. The molecule has 0 radical (unpaired) electrons. The first kappa shape index (κ1) is 17.9. The van der Waals surface area contributed by atoms with Gasteiger partial charge in [0.15, 0.2) is 11.6 Å². The molecule has 5 nitrogen and oxygen atoms in total. The van der Waals surface area contributed by atoms with E-state index in [2.05, 4.69) is 0 Å². The Bertz CT molecular complexity index is 535. The molecular weight excluding hydrogens is 296 g/mol. The number of ether oxygens (including phenoxy) is 2. The minimum Gasteiger partial charge on any atom is -0.490 e. The predicted molar refractivity (Wildman–Crippen MR) is 75.5 cm³/mol. The van der Waals surface area contributed by atoms with E-state index < -0.39 is 23.1 Å². The zero-order chi connectivity index (χ0) is 16.5. The average molecular weight is 315 g/mol. The number of carbonyl (C=O) groups excluding carboxylic acids is 2. The van der Waals surface area contributed by atoms with Crippen molar-refractivity contribution < 1.29 is 27.8 Å². The second-order valence-corrected chi connectivity index (χ2v) is 4.62. The Labute approximate surface area is 127 Å². The summed E-state index contributed by atoms with van der Waals surface area (Å²) in [7, 11) is 0. The lowest BCUT2D eigenvalue weighted by Gasteiger charge is -2.09. The van der Waals surface area contributed by atoms with Crippen LogP contribution < -0.4 is 10.5 Å². The number of esters is 1. The molecule has 0 fully saturated rings. The van der Waals surface area contributed by atoms with Gasteiger partial charge in [0.05, 0.1) is 13.2 Å². The minimum atomic E-state index is -1.21. The van der Waals surface area contributed by atoms with E-state index in [1.165, 1.54) is 0 Å². The number of halogens is 2. The highest BCUT2D eigenvalue weighted by molar-refractivity contribution is 5.93. The normalized spacial score (nSPS) is 10.3. The number of rotatable bonds is 9. The van der Waals surface area contributed by atoms with Gasteiger partial charge in [-0.2, -0.15) is 0 Å². The minimum absolute atomic E-state index is 0.0314. The fourth-order valence-electron chi connectivity index (χ4n) is 1.67. The van der Waals surface area contributed by atoms with Crippen LogP contribution in [0, 0.1) is 11.6 Å². The van der Waals surface area contributed by atoms with Crippen LogP contribution in [0.2, 0.25) is 0 Å². The van der Waals surface area contributed by atoms with Crippen LogP contribution in [0.3, 0.4) is 0 Å². The second kappa shape index (κ2) is 8.96. The molecule has 0 spiro atoms. The number of carbonyl (C=O) groups is 2. The summed E-state index contributed by atoms with van der Waals surface area (Å²) < 4.78 is 37.1. The topological polar surface area (TPSA) is 78.6 Å². The summed E-state index contributed by atoms with van der Waals surface area (Å²) in [6.45, 7) is 2.40. The molecule has 1 amide bonds. The summed E-state index contributed by atoms with van der Waals surface area (Å²) in [5.74, 6) is -4.03. The summed E-state index contributed by atoms with van der Waals surface area (Å²) in [5, 5.41) is 0. The van der Waals surface area contributed by atoms with Crippen LogP contribution in [0.5, 0.6) is 5.75 Å². The van der Waals surface area contributed by atoms with Crippen LogP contribution in [-0.4, -0.2) is 25.1 Å². The highest BCUT2D eigenvalue weighted by Gasteiger charge is 2.19. The molecule has 0 aliphatic carbocycles. The van der Waals surface area contributed by atoms with Crippen LogP contribution in [0.15, 0.2) is 12.1 Å². The molecule has 1 aromatic carbocycles. The van der Waals surface area contributed by atoms with Crippen molar-refractivity contribution in [2.75, 3.05) is 13.2 Å². The van der Waals surface area contributed by atoms with Gasteiger partial charge in [0.25, 0.3) is 5.91 Å². The first-order valence-corrected chi connectivity index (χ1v) is 7.03. The third-order valence-electron chi connectivity index (χ3n) is 2.85. The number of benzene rings is 1. The fourth-order valence-corrected chi connectivity index (χ4v) is 1.67. The highest BCUT2D eigenvalue weighted by Crippen LogP contribution is 2.23. The lowest BCUT2D eigenvalue weighted by Crippen LogP contribution is -2.16. The molecule has 2 N–H and O–H groups in total. The van der Waals surface area contributed by atoms with E-state index in [-0.39, 0.29) is 24.7 Å². The number of hydrogen-bond donors (Lipinski definition) is 1. The molecule has 122 valence electrons. The standard InChI is InChI=1S/C15H19F2NO4/c1-2-3-8-22-12(19)5-4-9-21-11-7-6-10(16)13(14(11)17)15(18)20/h6-7H,2-5,8-9H2,1H3,(H2,18,20). The van der Waals surface area contributed by atoms with Gasteiger partial charge in [-0.05, 0) is 25.0 Å². The van der Waals surface area contributed by atoms with Crippen LogP contribution in [0.4, 0.5) is 8.78 Å². The van der Waals surface area contributed by atoms with Crippen molar-refractivity contribution in [2.24, 2.45) is 5.73 Å². The largest absolute Gasteiger partial charge is 0.490 e. The molecule has 1 rings (SSSR count). The molecule has 22 heavy (non-hydrogen) atoms. The van der Waals surface area contributed by atoms with E-state index in [4.69, 9.17) is 15.2 Å². The van der Waals surface area contributed by atoms with E-state index in [0.29, 0.717) is 13.0 Å². The molecule has 7 heteroatoms. The van der Waals surface area contributed by atoms with Crippen molar-refractivity contribution in [1.29, 1.82) is 0 Å². The zero-order valence-corrected chi connectivity index (χ0v) is 12.4. The molecule has 0 aliphatic heterocycles. The van der Waals surface area contributed by atoms with Gasteiger partial charge in [0.2, 0.25) is 0 Å². The first-order chi connectivity index (χ1) is 10.5. The van der Waals surface area contributed by atoms with Crippen LogP contribution in [0.25, 0.3) is 0 Å². The van der Waals surface area contributed by atoms with Gasteiger partial charge in [-0.25, -0.2) is 8.78 Å². The Hall–Kier alpha value is -2.18. The summed E-state index contributed by atoms with van der Waals surface area (Å²) in [4.78, 5) is 22.3. The Morgan fingerprint density at radius 1 is 1.18 bits per heavy atom. The molecule has 0 atom stereocenters. The smallest absolute Gasteiger partial charge is 0.305 e. The first-order valence-electron chi connectivity index (χ1n) is 7.03. The van der Waals surface area contributed by atoms with Crippen molar-refractivity contribution in [3.05, 3.63) is 29.3 Å². The summed E-state index contributed by atoms with van der Waals surface area (Å²) >= 11 is 0. The lowest BCUT2D eigenvalue weighted by atomic mass is 10.1. The zero-order valence-electron chi connectivity index (χ0n) is 12.4. The predicted octanol–water partition coefficient (Wildman–Crippen LogP) is 2.57. The molecule has 0 aliphatic rings. The molecule has 0 heterocycles. The number of amides is 1. The van der Waals surface area contributed by atoms with Gasteiger partial charge in [-0.3, -0.25) is 9.59 Å². The van der Waals surface area contributed by atoms with Gasteiger partial charge in [-0.15, -0.1) is 0 Å². The van der Waals surface area contributed by atoms with E-state index in [9.17, 15) is 18.4 Å². The Morgan fingerprint density at radius 2 is 1.91 bits per heavy atom. The molecule has 0 saturated heterocycles. The average Bonchev–Trinajstić information content (AvgIpc) is 2.45. The summed E-state index contributed by atoms with van der Waals surface area (Å²) in [6, 6.07) is 1.97.